The van der Waals surface area contributed by atoms with E-state index in [2.05, 4.69) is 20.2 Å². The Morgan fingerprint density at radius 3 is 2.76 bits per heavy atom. The molecule has 7 heteroatoms. The van der Waals surface area contributed by atoms with Crippen LogP contribution in [0.3, 0.4) is 0 Å². The second-order valence-electron chi connectivity index (χ2n) is 4.16. The van der Waals surface area contributed by atoms with Crippen LogP contribution in [0.25, 0.3) is 0 Å². The molecule has 0 amide bonds. The van der Waals surface area contributed by atoms with Crippen molar-refractivity contribution in [2.24, 2.45) is 0 Å². The molecule has 0 fully saturated rings. The molecule has 1 aromatic heterocycles. The monoisotopic (exact) mass is 260 g/mol. The minimum Gasteiger partial charge on any atom is -0.310 e. The van der Waals surface area contributed by atoms with E-state index in [1.165, 1.54) is 6.20 Å². The van der Waals surface area contributed by atoms with Gasteiger partial charge in [0.2, 0.25) is 0 Å². The number of hydrogen-bond donors (Lipinski definition) is 3. The second kappa shape index (κ2) is 6.13. The van der Waals surface area contributed by atoms with E-state index in [1.54, 1.807) is 0 Å². The van der Waals surface area contributed by atoms with E-state index in [0.717, 1.165) is 6.42 Å². The largest absolute Gasteiger partial charge is 0.310 e. The first-order chi connectivity index (χ1) is 7.97. The zero-order valence-electron chi connectivity index (χ0n) is 10.4. The molecule has 0 bridgehead atoms. The average Bonchev–Trinajstić information content (AvgIpc) is 2.72. The lowest BCUT2D eigenvalue weighted by atomic mass is 10.3. The lowest BCUT2D eigenvalue weighted by molar-refractivity contribution is 0.564. The SMILES string of the molecule is CCCNS(=O)(=O)c1[nH]ncc1CNC(C)C. The molecule has 0 spiro atoms. The van der Waals surface area contributed by atoms with Crippen LogP contribution in [0.1, 0.15) is 32.8 Å². The summed E-state index contributed by atoms with van der Waals surface area (Å²) in [5.74, 6) is 0. The molecule has 0 aliphatic heterocycles. The van der Waals surface area contributed by atoms with Gasteiger partial charge >= 0.3 is 0 Å². The molecule has 0 radical (unpaired) electrons. The van der Waals surface area contributed by atoms with Crippen molar-refractivity contribution >= 4 is 10.0 Å². The lowest BCUT2D eigenvalue weighted by Gasteiger charge is -2.09. The number of sulfonamides is 1. The second-order valence-corrected chi connectivity index (χ2v) is 5.86. The molecule has 0 saturated heterocycles. The van der Waals surface area contributed by atoms with Crippen LogP contribution in [0.4, 0.5) is 0 Å². The summed E-state index contributed by atoms with van der Waals surface area (Å²) in [6.45, 7) is 6.83. The summed E-state index contributed by atoms with van der Waals surface area (Å²) >= 11 is 0. The summed E-state index contributed by atoms with van der Waals surface area (Å²) in [6, 6.07) is 0.295. The maximum absolute atomic E-state index is 11.9. The molecule has 3 N–H and O–H groups in total. The van der Waals surface area contributed by atoms with Gasteiger partial charge in [-0.1, -0.05) is 20.8 Å². The van der Waals surface area contributed by atoms with Gasteiger partial charge in [0, 0.05) is 24.7 Å². The molecule has 6 nitrogen and oxygen atoms in total. The van der Waals surface area contributed by atoms with Crippen LogP contribution >= 0.6 is 0 Å². The van der Waals surface area contributed by atoms with Crippen molar-refractivity contribution in [2.75, 3.05) is 6.54 Å². The van der Waals surface area contributed by atoms with Crippen molar-refractivity contribution in [3.05, 3.63) is 11.8 Å². The average molecular weight is 260 g/mol. The molecule has 0 unspecified atom stereocenters. The van der Waals surface area contributed by atoms with Gasteiger partial charge in [-0.05, 0) is 6.42 Å². The molecule has 98 valence electrons. The van der Waals surface area contributed by atoms with Crippen LogP contribution in [0.5, 0.6) is 0 Å². The highest BCUT2D eigenvalue weighted by molar-refractivity contribution is 7.89. The van der Waals surface area contributed by atoms with Crippen LogP contribution in [0.15, 0.2) is 11.2 Å². The summed E-state index contributed by atoms with van der Waals surface area (Å²) < 4.78 is 26.3. The van der Waals surface area contributed by atoms with Crippen LogP contribution in [0.2, 0.25) is 0 Å². The van der Waals surface area contributed by atoms with Crippen LogP contribution < -0.4 is 10.0 Å². The Kier molecular flexibility index (Phi) is 5.10. The van der Waals surface area contributed by atoms with Gasteiger partial charge in [-0.15, -0.1) is 0 Å². The van der Waals surface area contributed by atoms with Crippen molar-refractivity contribution in [2.45, 2.75) is 44.8 Å². The van der Waals surface area contributed by atoms with E-state index in [9.17, 15) is 8.42 Å². The molecule has 1 heterocycles. The number of aromatic amines is 1. The van der Waals surface area contributed by atoms with Crippen LogP contribution in [-0.2, 0) is 16.6 Å². The molecule has 0 atom stereocenters. The predicted octanol–water partition coefficient (Wildman–Crippen LogP) is 0.596. The maximum Gasteiger partial charge on any atom is 0.257 e. The first-order valence-electron chi connectivity index (χ1n) is 5.72. The zero-order valence-corrected chi connectivity index (χ0v) is 11.3. The number of nitrogens with one attached hydrogen (secondary N) is 3. The third-order valence-electron chi connectivity index (χ3n) is 2.19. The maximum atomic E-state index is 11.9. The van der Waals surface area contributed by atoms with Gasteiger partial charge in [0.25, 0.3) is 10.0 Å². The van der Waals surface area contributed by atoms with Gasteiger partial charge in [-0.3, -0.25) is 5.10 Å². The minimum absolute atomic E-state index is 0.152. The summed E-state index contributed by atoms with van der Waals surface area (Å²) in [5, 5.41) is 9.64. The first-order valence-corrected chi connectivity index (χ1v) is 7.21. The number of aromatic nitrogens is 2. The molecular formula is C10H20N4O2S. The Morgan fingerprint density at radius 1 is 1.47 bits per heavy atom. The number of hydrogen-bond acceptors (Lipinski definition) is 4. The predicted molar refractivity (Wildman–Crippen MR) is 66.0 cm³/mol. The van der Waals surface area contributed by atoms with E-state index < -0.39 is 10.0 Å². The van der Waals surface area contributed by atoms with Crippen LogP contribution in [0, 0.1) is 0 Å². The summed E-state index contributed by atoms with van der Waals surface area (Å²) in [4.78, 5) is 0. The van der Waals surface area contributed by atoms with E-state index in [4.69, 9.17) is 0 Å². The van der Waals surface area contributed by atoms with Crippen molar-refractivity contribution in [1.82, 2.24) is 20.2 Å². The van der Waals surface area contributed by atoms with Crippen molar-refractivity contribution < 1.29 is 8.42 Å². The van der Waals surface area contributed by atoms with Crippen LogP contribution in [-0.4, -0.2) is 31.2 Å². The number of nitrogens with zero attached hydrogens (tertiary/aromatic N) is 1. The highest BCUT2D eigenvalue weighted by atomic mass is 32.2. The Hall–Kier alpha value is -0.920. The molecular weight excluding hydrogens is 240 g/mol. The standard InChI is InChI=1S/C10H20N4O2S/c1-4-5-13-17(15,16)10-9(7-12-14-10)6-11-8(2)3/h7-8,11,13H,4-6H2,1-3H3,(H,12,14). The Bertz CT molecular complexity index is 439. The quantitative estimate of drug-likeness (QED) is 0.670. The summed E-state index contributed by atoms with van der Waals surface area (Å²) in [7, 11) is -3.47. The van der Waals surface area contributed by atoms with E-state index in [1.807, 2.05) is 20.8 Å². The Labute approximate surface area is 102 Å². The third kappa shape index (κ3) is 4.10. The van der Waals surface area contributed by atoms with Gasteiger partial charge < -0.3 is 5.32 Å². The summed E-state index contributed by atoms with van der Waals surface area (Å²) in [6.07, 6.45) is 2.29. The van der Waals surface area contributed by atoms with Crippen molar-refractivity contribution in [3.63, 3.8) is 0 Å². The molecule has 1 aromatic rings. The smallest absolute Gasteiger partial charge is 0.257 e. The number of H-pyrrole nitrogens is 1. The molecule has 0 aliphatic carbocycles. The number of rotatable bonds is 7. The van der Waals surface area contributed by atoms with Gasteiger partial charge in [0.05, 0.1) is 6.20 Å². The van der Waals surface area contributed by atoms with Gasteiger partial charge in [-0.25, -0.2) is 13.1 Å². The van der Waals surface area contributed by atoms with E-state index in [-0.39, 0.29) is 5.03 Å². The zero-order chi connectivity index (χ0) is 12.9. The van der Waals surface area contributed by atoms with Gasteiger partial charge in [-0.2, -0.15) is 5.10 Å². The Balaban J connectivity index is 2.80. The first kappa shape index (κ1) is 14.1. The summed E-state index contributed by atoms with van der Waals surface area (Å²) in [5.41, 5.74) is 0.655. The molecule has 0 aromatic carbocycles. The molecule has 17 heavy (non-hydrogen) atoms. The fourth-order valence-electron chi connectivity index (χ4n) is 1.28. The fourth-order valence-corrected chi connectivity index (χ4v) is 2.54. The lowest BCUT2D eigenvalue weighted by Crippen LogP contribution is -2.27. The van der Waals surface area contributed by atoms with Gasteiger partial charge in [0.15, 0.2) is 5.03 Å². The van der Waals surface area contributed by atoms with Crippen molar-refractivity contribution in [3.8, 4) is 0 Å². The topological polar surface area (TPSA) is 86.9 Å². The van der Waals surface area contributed by atoms with E-state index in [0.29, 0.717) is 24.7 Å². The minimum atomic E-state index is -3.47. The highest BCUT2D eigenvalue weighted by Crippen LogP contribution is 2.11. The van der Waals surface area contributed by atoms with E-state index >= 15 is 0 Å². The molecule has 0 saturated carbocycles. The normalized spacial score (nSPS) is 12.2. The third-order valence-corrected chi connectivity index (χ3v) is 3.66. The Morgan fingerprint density at radius 2 is 2.18 bits per heavy atom. The molecule has 0 aliphatic rings. The fraction of sp³-hybridized carbons (Fsp3) is 0.700. The van der Waals surface area contributed by atoms with Gasteiger partial charge in [0.1, 0.15) is 0 Å². The van der Waals surface area contributed by atoms with Crippen molar-refractivity contribution in [1.29, 1.82) is 0 Å². The molecule has 1 rings (SSSR count). The highest BCUT2D eigenvalue weighted by Gasteiger charge is 2.19.